The lowest BCUT2D eigenvalue weighted by Crippen LogP contribution is -2.36. The molecule has 1 fully saturated rings. The second-order valence-electron chi connectivity index (χ2n) is 9.79. The standard InChI is InChI=1S/C28H37N3O3/c1-20(2)18-33-19-24(32)16-31(23-13-14-23)17-26-27(22-10-6-5-7-11-22)29-30(4)28(26)34-25-12-8-9-21(3)15-25/h5-12,15,20,23-24,32H,13-14,16-19H2,1-4H3/t24-/m0/s1. The Balaban J connectivity index is 1.61. The SMILES string of the molecule is Cc1cccc(Oc2c(CN(C[C@H](O)COCC(C)C)C3CC3)c(-c3ccccc3)nn2C)c1. The van der Waals surface area contributed by atoms with Crippen LogP contribution in [0.3, 0.4) is 0 Å². The number of ether oxygens (including phenoxy) is 2. The molecule has 6 nitrogen and oxygen atoms in total. The summed E-state index contributed by atoms with van der Waals surface area (Å²) >= 11 is 0. The number of aryl methyl sites for hydroxylation is 2. The van der Waals surface area contributed by atoms with Crippen molar-refractivity contribution in [1.29, 1.82) is 0 Å². The lowest BCUT2D eigenvalue weighted by Gasteiger charge is -2.25. The van der Waals surface area contributed by atoms with E-state index in [4.69, 9.17) is 14.6 Å². The fourth-order valence-corrected chi connectivity index (χ4v) is 4.19. The molecule has 4 rings (SSSR count). The van der Waals surface area contributed by atoms with Crippen LogP contribution in [0.25, 0.3) is 11.3 Å². The van der Waals surface area contributed by atoms with Crippen molar-refractivity contribution in [2.24, 2.45) is 13.0 Å². The molecular formula is C28H37N3O3. The van der Waals surface area contributed by atoms with Crippen LogP contribution >= 0.6 is 0 Å². The highest BCUT2D eigenvalue weighted by Crippen LogP contribution is 2.37. The average molecular weight is 464 g/mol. The first-order valence-electron chi connectivity index (χ1n) is 12.3. The molecule has 1 saturated carbocycles. The summed E-state index contributed by atoms with van der Waals surface area (Å²) in [5.41, 5.74) is 4.16. The molecule has 3 aromatic rings. The van der Waals surface area contributed by atoms with Gasteiger partial charge in [-0.25, -0.2) is 4.68 Å². The van der Waals surface area contributed by atoms with Gasteiger partial charge in [-0.2, -0.15) is 5.10 Å². The largest absolute Gasteiger partial charge is 0.439 e. The normalized spacial score (nSPS) is 14.7. The average Bonchev–Trinajstić information content (AvgIpc) is 3.60. The van der Waals surface area contributed by atoms with E-state index < -0.39 is 6.10 Å². The Hall–Kier alpha value is -2.67. The van der Waals surface area contributed by atoms with E-state index in [2.05, 4.69) is 43.9 Å². The molecule has 0 amide bonds. The molecular weight excluding hydrogens is 426 g/mol. The smallest absolute Gasteiger partial charge is 0.222 e. The van der Waals surface area contributed by atoms with Gasteiger partial charge in [0.2, 0.25) is 5.88 Å². The van der Waals surface area contributed by atoms with Crippen molar-refractivity contribution < 1.29 is 14.6 Å². The van der Waals surface area contributed by atoms with E-state index in [0.717, 1.165) is 46.9 Å². The first-order valence-corrected chi connectivity index (χ1v) is 12.3. The fraction of sp³-hybridized carbons (Fsp3) is 0.464. The molecule has 0 aliphatic heterocycles. The quantitative estimate of drug-likeness (QED) is 0.401. The molecule has 6 heteroatoms. The van der Waals surface area contributed by atoms with Gasteiger partial charge in [0.15, 0.2) is 0 Å². The number of benzene rings is 2. The van der Waals surface area contributed by atoms with Crippen LogP contribution in [0.1, 0.15) is 37.8 Å². The van der Waals surface area contributed by atoms with Crippen molar-refractivity contribution in [3.63, 3.8) is 0 Å². The number of aromatic nitrogens is 2. The van der Waals surface area contributed by atoms with Gasteiger partial charge in [-0.3, -0.25) is 4.90 Å². The third-order valence-electron chi connectivity index (χ3n) is 5.97. The summed E-state index contributed by atoms with van der Waals surface area (Å²) < 4.78 is 13.9. The van der Waals surface area contributed by atoms with Gasteiger partial charge >= 0.3 is 0 Å². The van der Waals surface area contributed by atoms with Gasteiger partial charge in [0.25, 0.3) is 0 Å². The zero-order chi connectivity index (χ0) is 24.1. The van der Waals surface area contributed by atoms with E-state index >= 15 is 0 Å². The van der Waals surface area contributed by atoms with E-state index in [1.807, 2.05) is 48.1 Å². The van der Waals surface area contributed by atoms with Crippen molar-refractivity contribution in [3.8, 4) is 22.9 Å². The predicted molar refractivity (Wildman–Crippen MR) is 135 cm³/mol. The van der Waals surface area contributed by atoms with Crippen LogP contribution in [-0.4, -0.2) is 51.7 Å². The first-order chi connectivity index (χ1) is 16.4. The lowest BCUT2D eigenvalue weighted by molar-refractivity contribution is 0.00541. The summed E-state index contributed by atoms with van der Waals surface area (Å²) in [6.07, 6.45) is 1.76. The van der Waals surface area contributed by atoms with E-state index in [-0.39, 0.29) is 0 Å². The third kappa shape index (κ3) is 6.47. The number of aliphatic hydroxyl groups is 1. The third-order valence-corrected chi connectivity index (χ3v) is 5.97. The molecule has 182 valence electrons. The molecule has 1 atom stereocenters. The van der Waals surface area contributed by atoms with Gasteiger partial charge in [-0.05, 0) is 43.4 Å². The van der Waals surface area contributed by atoms with Crippen molar-refractivity contribution in [3.05, 3.63) is 65.7 Å². The van der Waals surface area contributed by atoms with Gasteiger partial charge in [-0.15, -0.1) is 0 Å². The molecule has 1 aromatic heterocycles. The number of rotatable bonds is 12. The Morgan fingerprint density at radius 2 is 1.85 bits per heavy atom. The van der Waals surface area contributed by atoms with Crippen molar-refractivity contribution >= 4 is 0 Å². The zero-order valence-corrected chi connectivity index (χ0v) is 20.8. The number of aliphatic hydroxyl groups excluding tert-OH is 1. The van der Waals surface area contributed by atoms with Crippen molar-refractivity contribution in [2.45, 2.75) is 52.3 Å². The molecule has 2 aromatic carbocycles. The highest BCUT2D eigenvalue weighted by Gasteiger charge is 2.33. The molecule has 1 aliphatic carbocycles. The van der Waals surface area contributed by atoms with Crippen molar-refractivity contribution in [1.82, 2.24) is 14.7 Å². The van der Waals surface area contributed by atoms with E-state index in [9.17, 15) is 5.11 Å². The molecule has 0 spiro atoms. The first kappa shape index (κ1) is 24.5. The maximum Gasteiger partial charge on any atom is 0.222 e. The van der Waals surface area contributed by atoms with Gasteiger partial charge in [0.05, 0.1) is 18.3 Å². The van der Waals surface area contributed by atoms with Crippen LogP contribution in [0.15, 0.2) is 54.6 Å². The van der Waals surface area contributed by atoms with Gasteiger partial charge in [0, 0.05) is 38.3 Å². The Morgan fingerprint density at radius 1 is 1.09 bits per heavy atom. The summed E-state index contributed by atoms with van der Waals surface area (Å²) in [5.74, 6) is 1.99. The summed E-state index contributed by atoms with van der Waals surface area (Å²) in [4.78, 5) is 2.36. The van der Waals surface area contributed by atoms with Crippen LogP contribution in [0.2, 0.25) is 0 Å². The Bertz CT molecular complexity index is 1060. The summed E-state index contributed by atoms with van der Waals surface area (Å²) in [5, 5.41) is 15.6. The summed E-state index contributed by atoms with van der Waals surface area (Å²) in [7, 11) is 1.93. The second kappa shape index (κ2) is 11.2. The van der Waals surface area contributed by atoms with E-state index in [0.29, 0.717) is 38.3 Å². The Labute approximate surface area is 203 Å². The molecule has 0 saturated heterocycles. The van der Waals surface area contributed by atoms with Crippen LogP contribution in [0.4, 0.5) is 0 Å². The highest BCUT2D eigenvalue weighted by molar-refractivity contribution is 5.65. The topological polar surface area (TPSA) is 59.8 Å². The molecule has 0 radical (unpaired) electrons. The van der Waals surface area contributed by atoms with Crippen LogP contribution in [0.5, 0.6) is 11.6 Å². The van der Waals surface area contributed by atoms with Crippen LogP contribution in [0, 0.1) is 12.8 Å². The second-order valence-corrected chi connectivity index (χ2v) is 9.79. The molecule has 1 N–H and O–H groups in total. The maximum atomic E-state index is 10.7. The van der Waals surface area contributed by atoms with E-state index in [1.54, 1.807) is 0 Å². The predicted octanol–water partition coefficient (Wildman–Crippen LogP) is 5.19. The lowest BCUT2D eigenvalue weighted by atomic mass is 10.1. The van der Waals surface area contributed by atoms with E-state index in [1.165, 1.54) is 0 Å². The monoisotopic (exact) mass is 463 g/mol. The molecule has 0 bridgehead atoms. The Morgan fingerprint density at radius 3 is 2.53 bits per heavy atom. The summed E-state index contributed by atoms with van der Waals surface area (Å²) in [6.45, 7) is 8.53. The summed E-state index contributed by atoms with van der Waals surface area (Å²) in [6, 6.07) is 18.8. The van der Waals surface area contributed by atoms with Gasteiger partial charge in [0.1, 0.15) is 11.4 Å². The van der Waals surface area contributed by atoms with Gasteiger partial charge < -0.3 is 14.6 Å². The van der Waals surface area contributed by atoms with Crippen molar-refractivity contribution in [2.75, 3.05) is 19.8 Å². The number of hydrogen-bond donors (Lipinski definition) is 1. The zero-order valence-electron chi connectivity index (χ0n) is 20.8. The Kier molecular flexibility index (Phi) is 8.03. The van der Waals surface area contributed by atoms with Crippen LogP contribution < -0.4 is 4.74 Å². The minimum absolute atomic E-state index is 0.354. The molecule has 1 heterocycles. The van der Waals surface area contributed by atoms with Gasteiger partial charge in [-0.1, -0.05) is 56.3 Å². The number of hydrogen-bond acceptors (Lipinski definition) is 5. The maximum absolute atomic E-state index is 10.7. The minimum atomic E-state index is -0.530. The highest BCUT2D eigenvalue weighted by atomic mass is 16.5. The molecule has 34 heavy (non-hydrogen) atoms. The number of nitrogens with zero attached hydrogens (tertiary/aromatic N) is 3. The molecule has 1 aliphatic rings. The fourth-order valence-electron chi connectivity index (χ4n) is 4.19. The minimum Gasteiger partial charge on any atom is -0.439 e. The van der Waals surface area contributed by atoms with Crippen LogP contribution in [-0.2, 0) is 18.3 Å². The molecule has 0 unspecified atom stereocenters.